The van der Waals surface area contributed by atoms with Crippen molar-refractivity contribution in [2.45, 2.75) is 44.1 Å². The lowest BCUT2D eigenvalue weighted by atomic mass is 9.82. The number of benzene rings is 1. The number of nitriles is 1. The monoisotopic (exact) mass is 568 g/mol. The van der Waals surface area contributed by atoms with E-state index in [1.165, 1.54) is 30.5 Å². The van der Waals surface area contributed by atoms with E-state index >= 15 is 0 Å². The highest BCUT2D eigenvalue weighted by Gasteiger charge is 2.56. The van der Waals surface area contributed by atoms with Crippen LogP contribution in [0.2, 0.25) is 0 Å². The van der Waals surface area contributed by atoms with Crippen LogP contribution >= 0.6 is 0 Å². The fourth-order valence-electron chi connectivity index (χ4n) is 5.53. The summed E-state index contributed by atoms with van der Waals surface area (Å²) >= 11 is 0. The van der Waals surface area contributed by atoms with Gasteiger partial charge in [0.1, 0.15) is 18.4 Å². The van der Waals surface area contributed by atoms with Crippen molar-refractivity contribution < 1.29 is 36.7 Å². The zero-order valence-corrected chi connectivity index (χ0v) is 21.8. The average Bonchev–Trinajstić information content (AvgIpc) is 3.46. The molecule has 2 aromatic rings. The fourth-order valence-corrected chi connectivity index (χ4v) is 5.53. The van der Waals surface area contributed by atoms with Crippen LogP contribution in [-0.4, -0.2) is 63.5 Å². The highest BCUT2D eigenvalue weighted by molar-refractivity contribution is 6.23. The normalized spacial score (nSPS) is 22.5. The zero-order valence-electron chi connectivity index (χ0n) is 21.8. The number of pyridine rings is 1. The van der Waals surface area contributed by atoms with Crippen LogP contribution < -0.4 is 0 Å². The molecule has 12 heteroatoms. The molecule has 0 bridgehead atoms. The molecule has 1 spiro atoms. The average molecular weight is 569 g/mol. The molecule has 1 aromatic carbocycles. The Bertz CT molecular complexity index is 1510. The second-order valence-corrected chi connectivity index (χ2v) is 10.3. The van der Waals surface area contributed by atoms with Crippen molar-refractivity contribution in [3.05, 3.63) is 83.0 Å². The Hall–Kier alpha value is -4.53. The number of rotatable bonds is 6. The molecule has 2 aliphatic carbocycles. The van der Waals surface area contributed by atoms with E-state index in [9.17, 15) is 37.2 Å². The maximum absolute atomic E-state index is 13.7. The Kier molecular flexibility index (Phi) is 7.15. The molecular formula is C29H24F4N4O4. The van der Waals surface area contributed by atoms with Gasteiger partial charge in [-0.3, -0.25) is 19.5 Å². The van der Waals surface area contributed by atoms with Crippen LogP contribution in [0.15, 0.2) is 60.3 Å². The molecule has 41 heavy (non-hydrogen) atoms. The third kappa shape index (κ3) is 5.31. The Morgan fingerprint density at radius 2 is 1.98 bits per heavy atom. The Labute approximate surface area is 232 Å². The van der Waals surface area contributed by atoms with Crippen molar-refractivity contribution in [3.63, 3.8) is 0 Å². The number of ketones is 1. The summed E-state index contributed by atoms with van der Waals surface area (Å²) in [4.78, 5) is 45.3. The van der Waals surface area contributed by atoms with Crippen molar-refractivity contribution >= 4 is 23.4 Å². The maximum atomic E-state index is 13.7. The molecule has 0 N–H and O–H groups in total. The summed E-state index contributed by atoms with van der Waals surface area (Å²) in [6.07, 6.45) is -0.286. The molecule has 1 saturated heterocycles. The third-order valence-electron chi connectivity index (χ3n) is 7.76. The molecule has 1 aromatic heterocycles. The summed E-state index contributed by atoms with van der Waals surface area (Å²) in [5.74, 6) is -2.37. The van der Waals surface area contributed by atoms with Crippen molar-refractivity contribution in [1.29, 1.82) is 5.26 Å². The molecule has 1 saturated carbocycles. The van der Waals surface area contributed by atoms with Gasteiger partial charge in [0.25, 0.3) is 0 Å². The first-order valence-electron chi connectivity index (χ1n) is 12.8. The van der Waals surface area contributed by atoms with Gasteiger partial charge in [-0.15, -0.1) is 0 Å². The number of carbonyl (C=O) groups is 3. The van der Waals surface area contributed by atoms with Crippen LogP contribution in [0.1, 0.15) is 36.6 Å². The van der Waals surface area contributed by atoms with E-state index in [1.807, 2.05) is 6.07 Å². The number of allylic oxidation sites excluding steroid dienone is 3. The molecule has 212 valence electrons. The van der Waals surface area contributed by atoms with Gasteiger partial charge in [-0.2, -0.15) is 18.4 Å². The molecule has 0 radical (unpaired) electrons. The van der Waals surface area contributed by atoms with E-state index in [2.05, 4.69) is 4.98 Å². The molecule has 2 heterocycles. The summed E-state index contributed by atoms with van der Waals surface area (Å²) in [7, 11) is 0. The lowest BCUT2D eigenvalue weighted by molar-refractivity contribution is -0.187. The number of hydrogen-bond donors (Lipinski definition) is 0. The van der Waals surface area contributed by atoms with E-state index in [1.54, 1.807) is 12.2 Å². The van der Waals surface area contributed by atoms with Crippen LogP contribution in [0.4, 0.5) is 22.4 Å². The number of carbonyl (C=O) groups excluding carboxylic acids is 3. The first-order chi connectivity index (χ1) is 19.4. The number of nitrogens with zero attached hydrogens (tertiary/aromatic N) is 4. The molecule has 2 fully saturated rings. The van der Waals surface area contributed by atoms with Gasteiger partial charge < -0.3 is 9.64 Å². The minimum Gasteiger partial charge on any atom is -0.436 e. The SMILES string of the molecule is C[C@H](N(Cc1ccc(F)cc1)C(=O)CN1C[C@]2(CCC3C(=O)C(c4cc(C#N)ccn4)=CC=C32)OC1=O)C(F)(F)F. The zero-order chi connectivity index (χ0) is 29.5. The Morgan fingerprint density at radius 1 is 1.24 bits per heavy atom. The van der Waals surface area contributed by atoms with Crippen molar-refractivity contribution in [3.8, 4) is 6.07 Å². The highest BCUT2D eigenvalue weighted by atomic mass is 19.4. The summed E-state index contributed by atoms with van der Waals surface area (Å²) in [5, 5.41) is 9.17. The first-order valence-corrected chi connectivity index (χ1v) is 12.8. The van der Waals surface area contributed by atoms with Crippen molar-refractivity contribution in [2.75, 3.05) is 13.1 Å². The number of aromatic nitrogens is 1. The van der Waals surface area contributed by atoms with E-state index in [4.69, 9.17) is 4.74 Å². The summed E-state index contributed by atoms with van der Waals surface area (Å²) in [6, 6.07) is 7.62. The predicted octanol–water partition coefficient (Wildman–Crippen LogP) is 4.57. The van der Waals surface area contributed by atoms with Gasteiger partial charge in [0.05, 0.1) is 23.9 Å². The van der Waals surface area contributed by atoms with Gasteiger partial charge in [-0.25, -0.2) is 9.18 Å². The second kappa shape index (κ2) is 10.5. The highest BCUT2D eigenvalue weighted by Crippen LogP contribution is 2.49. The first kappa shape index (κ1) is 28.0. The number of amides is 2. The standard InChI is InChI=1S/C29H24F4N4O4/c1-17(29(31,32)33)37(14-18-2-4-20(30)5-3-18)25(38)15-36-16-28(41-27(36)40)10-8-21-23(28)7-6-22(26(21)39)24-12-19(13-34)9-11-35-24/h2-7,9,11-12,17,21H,8,10,14-16H2,1H3/t17-,21?,28-/m0/s1. The van der Waals surface area contributed by atoms with E-state index in [-0.39, 0.29) is 18.7 Å². The number of halogens is 4. The Morgan fingerprint density at radius 3 is 2.66 bits per heavy atom. The minimum absolute atomic E-state index is 0.108. The molecule has 8 nitrogen and oxygen atoms in total. The number of fused-ring (bicyclic) bond motifs is 2. The summed E-state index contributed by atoms with van der Waals surface area (Å²) < 4.78 is 60.0. The molecule has 3 aliphatic rings. The van der Waals surface area contributed by atoms with Crippen LogP contribution in [0.25, 0.3) is 5.57 Å². The smallest absolute Gasteiger partial charge is 0.411 e. The van der Waals surface area contributed by atoms with Crippen LogP contribution in [0.5, 0.6) is 0 Å². The maximum Gasteiger partial charge on any atom is 0.411 e. The molecule has 3 atom stereocenters. The van der Waals surface area contributed by atoms with Crippen LogP contribution in [0, 0.1) is 23.1 Å². The molecule has 2 amide bonds. The van der Waals surface area contributed by atoms with Gasteiger partial charge in [-0.05, 0) is 61.2 Å². The molecule has 1 unspecified atom stereocenters. The number of alkyl halides is 3. The van der Waals surface area contributed by atoms with Crippen LogP contribution in [-0.2, 0) is 20.9 Å². The van der Waals surface area contributed by atoms with Crippen molar-refractivity contribution in [2.24, 2.45) is 5.92 Å². The lowest BCUT2D eigenvalue weighted by Crippen LogP contribution is -2.50. The molecule has 5 rings (SSSR count). The third-order valence-corrected chi connectivity index (χ3v) is 7.76. The van der Waals surface area contributed by atoms with Gasteiger partial charge in [0.15, 0.2) is 11.4 Å². The Balaban J connectivity index is 1.36. The van der Waals surface area contributed by atoms with E-state index in [0.717, 1.165) is 24.0 Å². The second-order valence-electron chi connectivity index (χ2n) is 10.3. The van der Waals surface area contributed by atoms with E-state index < -0.39 is 54.6 Å². The van der Waals surface area contributed by atoms with Crippen LogP contribution in [0.3, 0.4) is 0 Å². The number of ether oxygens (including phenoxy) is 1. The number of Topliss-reactive ketones (excluding diaryl/α,β-unsaturated/α-hetero) is 1. The lowest BCUT2D eigenvalue weighted by Gasteiger charge is -2.32. The summed E-state index contributed by atoms with van der Waals surface area (Å²) in [5.41, 5.74) is 0.664. The quantitative estimate of drug-likeness (QED) is 0.474. The van der Waals surface area contributed by atoms with Gasteiger partial charge >= 0.3 is 12.3 Å². The summed E-state index contributed by atoms with van der Waals surface area (Å²) in [6.45, 7) is -0.371. The van der Waals surface area contributed by atoms with Crippen molar-refractivity contribution in [1.82, 2.24) is 14.8 Å². The molecular weight excluding hydrogens is 544 g/mol. The van der Waals surface area contributed by atoms with E-state index in [0.29, 0.717) is 39.3 Å². The predicted molar refractivity (Wildman–Crippen MR) is 136 cm³/mol. The number of hydrogen-bond acceptors (Lipinski definition) is 6. The molecule has 1 aliphatic heterocycles. The van der Waals surface area contributed by atoms with Gasteiger partial charge in [-0.1, -0.05) is 18.2 Å². The fraction of sp³-hybridized carbons (Fsp3) is 0.345. The minimum atomic E-state index is -4.74. The van der Waals surface area contributed by atoms with Gasteiger partial charge in [0, 0.05) is 24.2 Å². The van der Waals surface area contributed by atoms with Gasteiger partial charge in [0.2, 0.25) is 5.91 Å². The largest absolute Gasteiger partial charge is 0.436 e. The topological polar surface area (TPSA) is 104 Å².